The highest BCUT2D eigenvalue weighted by molar-refractivity contribution is 6.08. The summed E-state index contributed by atoms with van der Waals surface area (Å²) >= 11 is 0. The van der Waals surface area contributed by atoms with E-state index in [1.807, 2.05) is 34.7 Å². The number of rotatable bonds is 2. The molecule has 218 valence electrons. The summed E-state index contributed by atoms with van der Waals surface area (Å²) in [6, 6.07) is 22.9. The maximum atomic E-state index is 14.0. The van der Waals surface area contributed by atoms with Gasteiger partial charge in [-0.3, -0.25) is 9.59 Å². The second-order valence-corrected chi connectivity index (χ2v) is 12.1. The van der Waals surface area contributed by atoms with Crippen LogP contribution in [0.3, 0.4) is 0 Å². The van der Waals surface area contributed by atoms with Crippen LogP contribution in [-0.2, 0) is 30.7 Å². The van der Waals surface area contributed by atoms with Crippen LogP contribution in [0.2, 0.25) is 0 Å². The number of carbonyl (C=O) groups excluding carboxylic acids is 1. The van der Waals surface area contributed by atoms with Crippen molar-refractivity contribution in [2.45, 2.75) is 70.9 Å². The predicted octanol–water partition coefficient (Wildman–Crippen LogP) is 6.81. The van der Waals surface area contributed by atoms with Crippen LogP contribution in [0.1, 0.15) is 81.8 Å². The summed E-state index contributed by atoms with van der Waals surface area (Å²) in [6.45, 7) is 3.99. The molecule has 1 atom stereocenters. The number of amides is 1. The summed E-state index contributed by atoms with van der Waals surface area (Å²) in [5.74, 6) is -1.13. The van der Waals surface area contributed by atoms with Crippen LogP contribution < -0.4 is 0 Å². The zero-order valence-electron chi connectivity index (χ0n) is 24.6. The third kappa shape index (κ3) is 5.07. The summed E-state index contributed by atoms with van der Waals surface area (Å²) in [4.78, 5) is 28.1. The van der Waals surface area contributed by atoms with Gasteiger partial charge in [-0.1, -0.05) is 72.7 Å². The van der Waals surface area contributed by atoms with Crippen molar-refractivity contribution in [3.63, 3.8) is 0 Å². The van der Waals surface area contributed by atoms with Crippen molar-refractivity contribution < 1.29 is 14.7 Å². The molecule has 4 aromatic carbocycles. The molecule has 43 heavy (non-hydrogen) atoms. The number of benzene rings is 4. The maximum absolute atomic E-state index is 14.0. The van der Waals surface area contributed by atoms with Crippen molar-refractivity contribution in [2.75, 3.05) is 6.54 Å². The van der Waals surface area contributed by atoms with Gasteiger partial charge in [0, 0.05) is 31.1 Å². The summed E-state index contributed by atoms with van der Waals surface area (Å²) in [6.07, 6.45) is 6.06. The van der Waals surface area contributed by atoms with E-state index >= 15 is 0 Å². The molecule has 1 amide bonds. The van der Waals surface area contributed by atoms with Gasteiger partial charge in [0.15, 0.2) is 0 Å². The van der Waals surface area contributed by atoms with Gasteiger partial charge in [0.2, 0.25) is 0 Å². The van der Waals surface area contributed by atoms with E-state index in [0.29, 0.717) is 13.1 Å². The third-order valence-electron chi connectivity index (χ3n) is 9.48. The Labute approximate surface area is 251 Å². The molecule has 1 aromatic heterocycles. The van der Waals surface area contributed by atoms with Crippen LogP contribution in [0.15, 0.2) is 66.7 Å². The molecule has 5 aliphatic heterocycles. The molecule has 0 saturated heterocycles. The number of nitrogens with zero attached hydrogens (tertiary/aromatic N) is 4. The number of hydrogen-bond donors (Lipinski definition) is 1. The van der Waals surface area contributed by atoms with Crippen molar-refractivity contribution >= 4 is 33.7 Å². The number of aromatic nitrogens is 3. The quantitative estimate of drug-likeness (QED) is 0.251. The van der Waals surface area contributed by atoms with Gasteiger partial charge in [0.25, 0.3) is 5.91 Å². The Balaban J connectivity index is 1.33. The van der Waals surface area contributed by atoms with Crippen molar-refractivity contribution in [3.05, 3.63) is 106 Å². The second-order valence-electron chi connectivity index (χ2n) is 12.1. The topological polar surface area (TPSA) is 88.3 Å². The molecule has 0 unspecified atom stereocenters. The number of aliphatic carboxylic acids is 1. The molecule has 0 saturated carbocycles. The van der Waals surface area contributed by atoms with E-state index < -0.39 is 5.97 Å². The SMILES string of the molecule is Cc1c2ccc3c1nnn3CCCCCCc1ccc(c3ccccc13)C(=O)N1CCc3ccc(cc3C1)[C@@H]2CC(=O)O. The van der Waals surface area contributed by atoms with Crippen LogP contribution in [0.4, 0.5) is 0 Å². The Morgan fingerprint density at radius 2 is 1.70 bits per heavy atom. The van der Waals surface area contributed by atoms with Crippen molar-refractivity contribution in [1.29, 1.82) is 0 Å². The van der Waals surface area contributed by atoms with Gasteiger partial charge in [-0.25, -0.2) is 4.68 Å². The average Bonchev–Trinajstić information content (AvgIpc) is 3.44. The third-order valence-corrected chi connectivity index (χ3v) is 9.48. The molecule has 6 heterocycles. The maximum Gasteiger partial charge on any atom is 0.304 e. The number of aryl methyl sites for hydroxylation is 3. The summed E-state index contributed by atoms with van der Waals surface area (Å²) in [7, 11) is 0. The Bertz CT molecular complexity index is 1870. The first kappa shape index (κ1) is 27.3. The number of carboxylic acid groups (broad SMARTS) is 1. The molecule has 0 fully saturated rings. The minimum atomic E-state index is -0.848. The highest BCUT2D eigenvalue weighted by Crippen LogP contribution is 2.36. The van der Waals surface area contributed by atoms with Gasteiger partial charge in [0.05, 0.1) is 11.9 Å². The van der Waals surface area contributed by atoms with Crippen LogP contribution in [0.5, 0.6) is 0 Å². The van der Waals surface area contributed by atoms with Gasteiger partial charge in [-0.15, -0.1) is 5.10 Å². The van der Waals surface area contributed by atoms with Gasteiger partial charge in [-0.05, 0) is 88.9 Å². The first-order chi connectivity index (χ1) is 21.0. The lowest BCUT2D eigenvalue weighted by Crippen LogP contribution is -2.36. The van der Waals surface area contributed by atoms with E-state index in [1.54, 1.807) is 0 Å². The molecule has 0 aliphatic carbocycles. The Kier molecular flexibility index (Phi) is 7.17. The molecule has 7 nitrogen and oxygen atoms in total. The first-order valence-electron chi connectivity index (χ1n) is 15.4. The van der Waals surface area contributed by atoms with E-state index in [0.717, 1.165) is 94.7 Å². The van der Waals surface area contributed by atoms with Crippen LogP contribution >= 0.6 is 0 Å². The molecule has 5 aliphatic rings. The molecule has 9 bridgehead atoms. The minimum absolute atomic E-state index is 0.0275. The van der Waals surface area contributed by atoms with Crippen molar-refractivity contribution in [1.82, 2.24) is 19.9 Å². The Morgan fingerprint density at radius 3 is 2.56 bits per heavy atom. The normalized spacial score (nSPS) is 17.6. The van der Waals surface area contributed by atoms with Gasteiger partial charge < -0.3 is 10.0 Å². The monoisotopic (exact) mass is 572 g/mol. The van der Waals surface area contributed by atoms with Crippen LogP contribution in [-0.4, -0.2) is 43.4 Å². The predicted molar refractivity (Wildman–Crippen MR) is 167 cm³/mol. The number of carbonyl (C=O) groups is 2. The molecular weight excluding hydrogens is 536 g/mol. The van der Waals surface area contributed by atoms with Crippen molar-refractivity contribution in [3.8, 4) is 0 Å². The fourth-order valence-electron chi connectivity index (χ4n) is 7.14. The Hall–Kier alpha value is -4.52. The highest BCUT2D eigenvalue weighted by Gasteiger charge is 2.27. The molecule has 7 heteroatoms. The van der Waals surface area contributed by atoms with E-state index in [4.69, 9.17) is 0 Å². The summed E-state index contributed by atoms with van der Waals surface area (Å²) in [5, 5.41) is 21.1. The first-order valence-corrected chi connectivity index (χ1v) is 15.4. The van der Waals surface area contributed by atoms with E-state index in [2.05, 4.69) is 58.8 Å². The molecule has 5 aromatic rings. The van der Waals surface area contributed by atoms with Gasteiger partial charge in [0.1, 0.15) is 5.52 Å². The van der Waals surface area contributed by atoms with Gasteiger partial charge >= 0.3 is 5.97 Å². The number of carboxylic acids is 1. The summed E-state index contributed by atoms with van der Waals surface area (Å²) in [5.41, 5.74) is 9.04. The number of hydrogen-bond acceptors (Lipinski definition) is 4. The molecular formula is C36H36N4O3. The molecule has 1 N–H and O–H groups in total. The second kappa shape index (κ2) is 11.3. The average molecular weight is 573 g/mol. The van der Waals surface area contributed by atoms with Crippen molar-refractivity contribution in [2.24, 2.45) is 0 Å². The van der Waals surface area contributed by atoms with E-state index in [1.165, 1.54) is 11.1 Å². The smallest absolute Gasteiger partial charge is 0.304 e. The van der Waals surface area contributed by atoms with Gasteiger partial charge in [-0.2, -0.15) is 0 Å². The lowest BCUT2D eigenvalue weighted by atomic mass is 9.83. The van der Waals surface area contributed by atoms with Crippen LogP contribution in [0.25, 0.3) is 21.8 Å². The summed E-state index contributed by atoms with van der Waals surface area (Å²) < 4.78 is 1.99. The Morgan fingerprint density at radius 1 is 0.884 bits per heavy atom. The zero-order chi connectivity index (χ0) is 29.5. The molecule has 0 radical (unpaired) electrons. The largest absolute Gasteiger partial charge is 0.481 e. The van der Waals surface area contributed by atoms with E-state index in [-0.39, 0.29) is 18.2 Å². The lowest BCUT2D eigenvalue weighted by molar-refractivity contribution is -0.137. The standard InChI is InChI=1S/C36H36N4O3/c1-23-28-15-16-33-35(23)37-38-40(33)18-7-3-2-4-8-25-13-14-31(30-10-6-5-9-29(25)30)36(43)39-19-17-24-11-12-26(20-27(24)22-39)32(28)21-34(41)42/h5-6,9-16,20,32H,2-4,7-8,17-19,21-22H2,1H3,(H,41,42)/t32-/m0/s1. The fourth-order valence-corrected chi connectivity index (χ4v) is 7.14. The molecule has 0 spiro atoms. The van der Waals surface area contributed by atoms with Crippen LogP contribution in [0, 0.1) is 6.92 Å². The lowest BCUT2D eigenvalue weighted by Gasteiger charge is -2.30. The fraction of sp³-hybridized carbons (Fsp3) is 0.333. The van der Waals surface area contributed by atoms with E-state index in [9.17, 15) is 14.7 Å². The highest BCUT2D eigenvalue weighted by atomic mass is 16.4. The minimum Gasteiger partial charge on any atom is -0.481 e. The zero-order valence-corrected chi connectivity index (χ0v) is 24.6. The molecule has 10 rings (SSSR count).